The number of carbonyl (C=O) groups excluding carboxylic acids is 2. The first-order chi connectivity index (χ1) is 19.9. The second kappa shape index (κ2) is 10.9. The SMILES string of the molecule is CC(C)CCC1(c2ccccc2)N=C(N)N(Cc2ccc(C(F)(F)F)c(C(=O)N3Cc4cnc(C#N)nc4C3)c2)C1=O. The maximum atomic E-state index is 14.0. The molecule has 0 fully saturated rings. The molecule has 0 saturated heterocycles. The van der Waals surface area contributed by atoms with E-state index in [0.717, 1.165) is 12.1 Å². The maximum absolute atomic E-state index is 14.0. The third kappa shape index (κ3) is 5.30. The lowest BCUT2D eigenvalue weighted by atomic mass is 9.83. The molecule has 2 aromatic carbocycles. The van der Waals surface area contributed by atoms with E-state index in [4.69, 9.17) is 11.0 Å². The fourth-order valence-electron chi connectivity index (χ4n) is 5.31. The molecule has 0 aliphatic carbocycles. The first-order valence-electron chi connectivity index (χ1n) is 13.4. The number of aliphatic imine (C=N–C) groups is 1. The van der Waals surface area contributed by atoms with Crippen molar-refractivity contribution in [2.75, 3.05) is 0 Å². The molecule has 1 aromatic heterocycles. The molecule has 2 N–H and O–H groups in total. The van der Waals surface area contributed by atoms with E-state index in [-0.39, 0.29) is 42.9 Å². The van der Waals surface area contributed by atoms with Crippen LogP contribution < -0.4 is 5.73 Å². The molecule has 0 bridgehead atoms. The molecule has 2 aliphatic heterocycles. The summed E-state index contributed by atoms with van der Waals surface area (Å²) in [6.45, 7) is 3.85. The van der Waals surface area contributed by atoms with E-state index in [2.05, 4.69) is 15.0 Å². The summed E-state index contributed by atoms with van der Waals surface area (Å²) in [5.74, 6) is -1.06. The molecule has 0 saturated carbocycles. The first-order valence-corrected chi connectivity index (χ1v) is 13.4. The summed E-state index contributed by atoms with van der Waals surface area (Å²) in [5, 5.41) is 9.06. The van der Waals surface area contributed by atoms with Crippen molar-refractivity contribution in [3.8, 4) is 6.07 Å². The number of aromatic nitrogens is 2. The van der Waals surface area contributed by atoms with Crippen LogP contribution >= 0.6 is 0 Å². The van der Waals surface area contributed by atoms with Gasteiger partial charge in [-0.2, -0.15) is 18.4 Å². The quantitative estimate of drug-likeness (QED) is 0.442. The van der Waals surface area contributed by atoms with Gasteiger partial charge in [-0.3, -0.25) is 14.5 Å². The second-order valence-electron chi connectivity index (χ2n) is 10.8. The molecule has 0 radical (unpaired) electrons. The first kappa shape index (κ1) is 28.7. The number of hydrogen-bond donors (Lipinski definition) is 1. The van der Waals surface area contributed by atoms with E-state index < -0.39 is 28.7 Å². The Morgan fingerprint density at radius 2 is 1.90 bits per heavy atom. The number of fused-ring (bicyclic) bond motifs is 1. The zero-order valence-electron chi connectivity index (χ0n) is 23.0. The van der Waals surface area contributed by atoms with Crippen molar-refractivity contribution in [3.05, 3.63) is 94.1 Å². The predicted molar refractivity (Wildman–Crippen MR) is 146 cm³/mol. The number of nitrogens with two attached hydrogens (primary N) is 1. The van der Waals surface area contributed by atoms with E-state index in [0.29, 0.717) is 35.6 Å². The Bertz CT molecular complexity index is 1620. The second-order valence-corrected chi connectivity index (χ2v) is 10.8. The lowest BCUT2D eigenvalue weighted by molar-refractivity contribution is -0.138. The number of carbonyl (C=O) groups is 2. The number of amides is 2. The largest absolute Gasteiger partial charge is 0.417 e. The van der Waals surface area contributed by atoms with E-state index in [1.165, 1.54) is 22.1 Å². The van der Waals surface area contributed by atoms with Gasteiger partial charge >= 0.3 is 6.18 Å². The van der Waals surface area contributed by atoms with Gasteiger partial charge in [0.1, 0.15) is 6.07 Å². The highest BCUT2D eigenvalue weighted by atomic mass is 19.4. The van der Waals surface area contributed by atoms with Crippen molar-refractivity contribution in [1.29, 1.82) is 5.26 Å². The van der Waals surface area contributed by atoms with Crippen molar-refractivity contribution in [1.82, 2.24) is 19.8 Å². The van der Waals surface area contributed by atoms with Crippen LogP contribution in [0, 0.1) is 17.2 Å². The van der Waals surface area contributed by atoms with Gasteiger partial charge in [-0.15, -0.1) is 0 Å². The molecule has 0 spiro atoms. The zero-order chi connectivity index (χ0) is 30.2. The third-order valence-corrected chi connectivity index (χ3v) is 7.52. The molecule has 12 heteroatoms. The van der Waals surface area contributed by atoms with E-state index in [1.807, 2.05) is 50.2 Å². The summed E-state index contributed by atoms with van der Waals surface area (Å²) in [7, 11) is 0. The van der Waals surface area contributed by atoms with Crippen LogP contribution in [0.3, 0.4) is 0 Å². The van der Waals surface area contributed by atoms with Crippen molar-refractivity contribution < 1.29 is 22.8 Å². The lowest BCUT2D eigenvalue weighted by Crippen LogP contribution is -2.42. The summed E-state index contributed by atoms with van der Waals surface area (Å²) in [4.78, 5) is 42.5. The van der Waals surface area contributed by atoms with E-state index >= 15 is 0 Å². The van der Waals surface area contributed by atoms with Gasteiger partial charge in [-0.25, -0.2) is 15.0 Å². The highest BCUT2D eigenvalue weighted by Gasteiger charge is 2.49. The molecule has 9 nitrogen and oxygen atoms in total. The minimum atomic E-state index is -4.80. The molecule has 42 heavy (non-hydrogen) atoms. The summed E-state index contributed by atoms with van der Waals surface area (Å²) < 4.78 is 42.1. The number of hydrogen-bond acceptors (Lipinski definition) is 7. The van der Waals surface area contributed by atoms with Gasteiger partial charge in [0.2, 0.25) is 5.82 Å². The number of alkyl halides is 3. The van der Waals surface area contributed by atoms with E-state index in [9.17, 15) is 22.8 Å². The summed E-state index contributed by atoms with van der Waals surface area (Å²) in [5.41, 5.74) is 5.30. The topological polar surface area (TPSA) is 129 Å². The molecule has 2 amide bonds. The Morgan fingerprint density at radius 1 is 1.17 bits per heavy atom. The van der Waals surface area contributed by atoms with Gasteiger partial charge in [-0.05, 0) is 42.0 Å². The van der Waals surface area contributed by atoms with Gasteiger partial charge < -0.3 is 10.6 Å². The average molecular weight is 576 g/mol. The minimum absolute atomic E-state index is 0.00106. The Balaban J connectivity index is 1.45. The Hall–Kier alpha value is -4.79. The van der Waals surface area contributed by atoms with Crippen LogP contribution in [-0.2, 0) is 36.1 Å². The molecular formula is C30H28F3N7O2. The van der Waals surface area contributed by atoms with Gasteiger partial charge in [0.05, 0.1) is 29.9 Å². The zero-order valence-corrected chi connectivity index (χ0v) is 23.0. The minimum Gasteiger partial charge on any atom is -0.369 e. The van der Waals surface area contributed by atoms with Crippen LogP contribution in [0.4, 0.5) is 13.2 Å². The highest BCUT2D eigenvalue weighted by molar-refractivity contribution is 6.07. The highest BCUT2D eigenvalue weighted by Crippen LogP contribution is 2.39. The normalized spacial score (nSPS) is 18.3. The standard InChI is InChI=1S/C30H28F3N7O2/c1-18(2)10-11-29(21-6-4-3-5-7-21)27(42)40(28(35)38-29)15-19-8-9-23(30(31,32)33)22(12-19)26(41)39-16-20-14-36-25(13-34)37-24(20)17-39/h3-9,12,14,18H,10-11,15-17H2,1-2H3,(H2,35,38). The molecular weight excluding hydrogens is 547 g/mol. The average Bonchev–Trinajstić information content (AvgIpc) is 3.50. The molecule has 1 atom stereocenters. The summed E-state index contributed by atoms with van der Waals surface area (Å²) in [6, 6.07) is 14.1. The van der Waals surface area contributed by atoms with Crippen LogP contribution in [0.2, 0.25) is 0 Å². The Kier molecular flexibility index (Phi) is 7.45. The van der Waals surface area contributed by atoms with Crippen LogP contribution in [0.1, 0.15) is 70.8 Å². The summed E-state index contributed by atoms with van der Waals surface area (Å²) >= 11 is 0. The van der Waals surface area contributed by atoms with Crippen molar-refractivity contribution in [2.24, 2.45) is 16.6 Å². The molecule has 1 unspecified atom stereocenters. The maximum Gasteiger partial charge on any atom is 0.417 e. The van der Waals surface area contributed by atoms with Gasteiger partial charge in [0.15, 0.2) is 11.5 Å². The van der Waals surface area contributed by atoms with Crippen molar-refractivity contribution in [3.63, 3.8) is 0 Å². The van der Waals surface area contributed by atoms with Crippen LogP contribution in [0.15, 0.2) is 59.7 Å². The number of benzene rings is 2. The van der Waals surface area contributed by atoms with E-state index in [1.54, 1.807) is 0 Å². The molecule has 2 aliphatic rings. The lowest BCUT2D eigenvalue weighted by Gasteiger charge is -2.27. The number of nitriles is 1. The van der Waals surface area contributed by atoms with Crippen LogP contribution in [0.5, 0.6) is 0 Å². The van der Waals surface area contributed by atoms with Gasteiger partial charge in [-0.1, -0.05) is 50.2 Å². The van der Waals surface area contributed by atoms with Crippen molar-refractivity contribution in [2.45, 2.75) is 58.0 Å². The third-order valence-electron chi connectivity index (χ3n) is 7.52. The van der Waals surface area contributed by atoms with Gasteiger partial charge in [0.25, 0.3) is 11.8 Å². The molecule has 5 rings (SSSR count). The van der Waals surface area contributed by atoms with Crippen LogP contribution in [0.25, 0.3) is 0 Å². The molecule has 3 aromatic rings. The number of halogens is 3. The Labute approximate surface area is 240 Å². The number of guanidine groups is 1. The fraction of sp³-hybridized carbons (Fsp3) is 0.333. The molecule has 216 valence electrons. The monoisotopic (exact) mass is 575 g/mol. The fourth-order valence-corrected chi connectivity index (χ4v) is 5.31. The molecule has 3 heterocycles. The van der Waals surface area contributed by atoms with Crippen LogP contribution in [-0.4, -0.2) is 37.5 Å². The van der Waals surface area contributed by atoms with Gasteiger partial charge in [0, 0.05) is 18.3 Å². The van der Waals surface area contributed by atoms with Crippen molar-refractivity contribution >= 4 is 17.8 Å². The smallest absolute Gasteiger partial charge is 0.369 e. The Morgan fingerprint density at radius 3 is 2.57 bits per heavy atom. The number of rotatable bonds is 7. The summed E-state index contributed by atoms with van der Waals surface area (Å²) in [6.07, 6.45) is -2.29. The predicted octanol–water partition coefficient (Wildman–Crippen LogP) is 4.51. The number of nitrogens with zero attached hydrogens (tertiary/aromatic N) is 6.